The average molecular weight is 357 g/mol. The molecule has 0 N–H and O–H groups in total. The van der Waals surface area contributed by atoms with E-state index in [1.54, 1.807) is 0 Å². The highest BCUT2D eigenvalue weighted by molar-refractivity contribution is 9.10. The Bertz CT molecular complexity index is 538. The Hall–Kier alpha value is -0.880. The van der Waals surface area contributed by atoms with Crippen LogP contribution < -0.4 is 0 Å². The molecule has 0 bridgehead atoms. The molecule has 1 aromatic rings. The molecule has 2 rings (SSSR count). The summed E-state index contributed by atoms with van der Waals surface area (Å²) < 4.78 is 3.14. The van der Waals surface area contributed by atoms with Crippen LogP contribution in [0.25, 0.3) is 0 Å². The van der Waals surface area contributed by atoms with Gasteiger partial charge in [0, 0.05) is 33.2 Å². The molecule has 1 saturated heterocycles. The van der Waals surface area contributed by atoms with Gasteiger partial charge in [-0.2, -0.15) is 5.10 Å². The number of carbonyl (C=O) groups is 1. The minimum Gasteiger partial charge on any atom is -0.343 e. The van der Waals surface area contributed by atoms with E-state index in [0.717, 1.165) is 42.8 Å². The normalized spacial score (nSPS) is 19.3. The third kappa shape index (κ3) is 2.88. The van der Waals surface area contributed by atoms with Crippen molar-refractivity contribution in [3.63, 3.8) is 0 Å². The molecular weight excluding hydrogens is 332 g/mol. The number of amides is 1. The number of aromatic nitrogens is 2. The molecule has 5 nitrogen and oxygen atoms in total. The summed E-state index contributed by atoms with van der Waals surface area (Å²) in [5, 5.41) is 4.64. The molecule has 0 saturated carbocycles. The predicted octanol–water partition coefficient (Wildman–Crippen LogP) is 2.28. The SMILES string of the molecule is CCc1nn(CC)c(CN2CCN(C)C(=O)C2(C)C)c1Br. The Morgan fingerprint density at radius 3 is 2.52 bits per heavy atom. The molecule has 0 aliphatic carbocycles. The first kappa shape index (κ1) is 16.5. The Morgan fingerprint density at radius 2 is 1.95 bits per heavy atom. The highest BCUT2D eigenvalue weighted by Crippen LogP contribution is 2.28. The van der Waals surface area contributed by atoms with Gasteiger partial charge in [-0.15, -0.1) is 0 Å². The molecule has 1 aromatic heterocycles. The summed E-state index contributed by atoms with van der Waals surface area (Å²) in [5.41, 5.74) is 1.78. The van der Waals surface area contributed by atoms with Crippen LogP contribution >= 0.6 is 15.9 Å². The van der Waals surface area contributed by atoms with Crippen molar-refractivity contribution in [3.05, 3.63) is 15.9 Å². The summed E-state index contributed by atoms with van der Waals surface area (Å²) in [6.07, 6.45) is 0.908. The maximum Gasteiger partial charge on any atom is 0.242 e. The van der Waals surface area contributed by atoms with E-state index in [4.69, 9.17) is 0 Å². The van der Waals surface area contributed by atoms with E-state index in [0.29, 0.717) is 0 Å². The molecule has 1 aliphatic heterocycles. The number of halogens is 1. The minimum absolute atomic E-state index is 0.183. The molecule has 6 heteroatoms. The van der Waals surface area contributed by atoms with Gasteiger partial charge < -0.3 is 4.90 Å². The zero-order valence-corrected chi connectivity index (χ0v) is 15.2. The zero-order valence-electron chi connectivity index (χ0n) is 13.6. The first-order valence-corrected chi connectivity index (χ1v) is 8.36. The van der Waals surface area contributed by atoms with Crippen LogP contribution in [-0.2, 0) is 24.3 Å². The lowest BCUT2D eigenvalue weighted by Crippen LogP contribution is -2.61. The Morgan fingerprint density at radius 1 is 1.29 bits per heavy atom. The molecule has 118 valence electrons. The van der Waals surface area contributed by atoms with Crippen LogP contribution in [0, 0.1) is 0 Å². The van der Waals surface area contributed by atoms with Crippen molar-refractivity contribution < 1.29 is 4.79 Å². The van der Waals surface area contributed by atoms with Crippen molar-refractivity contribution in [2.75, 3.05) is 20.1 Å². The third-order valence-corrected chi connectivity index (χ3v) is 5.32. The van der Waals surface area contributed by atoms with Crippen LogP contribution in [0.15, 0.2) is 4.47 Å². The van der Waals surface area contributed by atoms with Gasteiger partial charge in [0.15, 0.2) is 0 Å². The van der Waals surface area contributed by atoms with Crippen LogP contribution in [0.2, 0.25) is 0 Å². The van der Waals surface area contributed by atoms with Gasteiger partial charge in [-0.3, -0.25) is 14.4 Å². The van der Waals surface area contributed by atoms with Gasteiger partial charge in [0.2, 0.25) is 5.91 Å². The second-order valence-corrected chi connectivity index (χ2v) is 6.88. The second-order valence-electron chi connectivity index (χ2n) is 6.08. The number of rotatable bonds is 4. The average Bonchev–Trinajstić information content (AvgIpc) is 2.76. The number of piperazine rings is 1. The number of carbonyl (C=O) groups excluding carboxylic acids is 1. The number of hydrogen-bond donors (Lipinski definition) is 0. The standard InChI is InChI=1S/C15H25BrN4O/c1-6-11-13(16)12(20(7-2)17-11)10-19-9-8-18(5)14(21)15(19,3)4/h6-10H2,1-5H3. The lowest BCUT2D eigenvalue weighted by Gasteiger charge is -2.44. The quantitative estimate of drug-likeness (QED) is 0.830. The summed E-state index contributed by atoms with van der Waals surface area (Å²) in [7, 11) is 1.88. The summed E-state index contributed by atoms with van der Waals surface area (Å²) in [6, 6.07) is 0. The van der Waals surface area contributed by atoms with Crippen molar-refractivity contribution in [3.8, 4) is 0 Å². The molecule has 0 spiro atoms. The molecule has 0 unspecified atom stereocenters. The minimum atomic E-state index is -0.471. The summed E-state index contributed by atoms with van der Waals surface area (Å²) in [6.45, 7) is 11.5. The third-order valence-electron chi connectivity index (χ3n) is 4.40. The smallest absolute Gasteiger partial charge is 0.242 e. The van der Waals surface area contributed by atoms with Gasteiger partial charge in [-0.25, -0.2) is 0 Å². The largest absolute Gasteiger partial charge is 0.343 e. The first-order valence-electron chi connectivity index (χ1n) is 7.57. The maximum absolute atomic E-state index is 12.4. The van der Waals surface area contributed by atoms with Gasteiger partial charge in [-0.05, 0) is 43.1 Å². The van der Waals surface area contributed by atoms with E-state index < -0.39 is 5.54 Å². The van der Waals surface area contributed by atoms with Crippen molar-refractivity contribution >= 4 is 21.8 Å². The second kappa shape index (κ2) is 6.08. The molecule has 1 fully saturated rings. The van der Waals surface area contributed by atoms with E-state index in [9.17, 15) is 4.79 Å². The first-order chi connectivity index (χ1) is 9.82. The van der Waals surface area contributed by atoms with Gasteiger partial charge in [0.1, 0.15) is 0 Å². The van der Waals surface area contributed by atoms with Crippen LogP contribution in [-0.4, -0.2) is 51.2 Å². The Kier molecular flexibility index (Phi) is 4.78. The van der Waals surface area contributed by atoms with Crippen molar-refractivity contribution in [1.29, 1.82) is 0 Å². The molecule has 1 amide bonds. The summed E-state index contributed by atoms with van der Waals surface area (Å²) >= 11 is 3.69. The van der Waals surface area contributed by atoms with Crippen LogP contribution in [0.5, 0.6) is 0 Å². The molecular formula is C15H25BrN4O. The highest BCUT2D eigenvalue weighted by atomic mass is 79.9. The molecule has 2 heterocycles. The fourth-order valence-electron chi connectivity index (χ4n) is 2.88. The number of likely N-dealkylation sites (N-methyl/N-ethyl adjacent to an activating group) is 1. The maximum atomic E-state index is 12.4. The Labute approximate surface area is 135 Å². The van der Waals surface area contributed by atoms with E-state index in [1.165, 1.54) is 5.69 Å². The van der Waals surface area contributed by atoms with Crippen molar-refractivity contribution in [2.45, 2.75) is 52.7 Å². The molecule has 0 radical (unpaired) electrons. The molecule has 0 aromatic carbocycles. The Balaban J connectivity index is 2.29. The van der Waals surface area contributed by atoms with Crippen molar-refractivity contribution in [1.82, 2.24) is 19.6 Å². The monoisotopic (exact) mass is 356 g/mol. The van der Waals surface area contributed by atoms with Gasteiger partial charge in [-0.1, -0.05) is 6.92 Å². The van der Waals surface area contributed by atoms with E-state index in [1.807, 2.05) is 30.5 Å². The van der Waals surface area contributed by atoms with Gasteiger partial charge in [0.05, 0.1) is 21.4 Å². The topological polar surface area (TPSA) is 41.4 Å². The van der Waals surface area contributed by atoms with Gasteiger partial charge >= 0.3 is 0 Å². The van der Waals surface area contributed by atoms with Crippen LogP contribution in [0.4, 0.5) is 0 Å². The summed E-state index contributed by atoms with van der Waals surface area (Å²) in [5.74, 6) is 0.183. The number of hydrogen-bond acceptors (Lipinski definition) is 3. The van der Waals surface area contributed by atoms with Gasteiger partial charge in [0.25, 0.3) is 0 Å². The van der Waals surface area contributed by atoms with Crippen LogP contribution in [0.3, 0.4) is 0 Å². The van der Waals surface area contributed by atoms with Crippen molar-refractivity contribution in [2.24, 2.45) is 0 Å². The number of nitrogens with zero attached hydrogens (tertiary/aromatic N) is 4. The number of aryl methyl sites for hydroxylation is 2. The van der Waals surface area contributed by atoms with E-state index in [-0.39, 0.29) is 5.91 Å². The van der Waals surface area contributed by atoms with E-state index in [2.05, 4.69) is 39.8 Å². The zero-order chi connectivity index (χ0) is 15.8. The van der Waals surface area contributed by atoms with E-state index >= 15 is 0 Å². The fourth-order valence-corrected chi connectivity index (χ4v) is 3.57. The molecule has 21 heavy (non-hydrogen) atoms. The molecule has 1 aliphatic rings. The lowest BCUT2D eigenvalue weighted by atomic mass is 9.97. The fraction of sp³-hybridized carbons (Fsp3) is 0.733. The summed E-state index contributed by atoms with van der Waals surface area (Å²) in [4.78, 5) is 16.5. The van der Waals surface area contributed by atoms with Crippen LogP contribution in [0.1, 0.15) is 39.1 Å². The highest BCUT2D eigenvalue weighted by Gasteiger charge is 2.40. The lowest BCUT2D eigenvalue weighted by molar-refractivity contribution is -0.147. The predicted molar refractivity (Wildman–Crippen MR) is 87.1 cm³/mol. The molecule has 0 atom stereocenters.